The molecule has 25 nitrogen and oxygen atoms in total. The SMILES string of the molecule is CC(C)(C)C(=O)Cl.CC(C)(C)C(=O)NC(c1noc2cc(Br)ccc12)C(F)(F)F.CC(N)c1noc2cc(Br)ccc12.CC(NC(=O)C(C)(C)C)c1noc2cc(Br)ccc12.CC(NC(=O)C(C)(C)C)c1noc2cc(Nc3n[nH]c4cccnc34)ccc12.COc1ccc(Cn2nc(N)c3ncccc32)cc1. The molecule has 32 heteroatoms. The molecule has 0 aliphatic rings. The molecule has 4 atom stereocenters. The zero-order valence-electron chi connectivity index (χ0n) is 62.2. The van der Waals surface area contributed by atoms with Crippen molar-refractivity contribution in [1.82, 2.24) is 66.5 Å². The van der Waals surface area contributed by atoms with Gasteiger partial charge in [0, 0.05) is 86.8 Å². The summed E-state index contributed by atoms with van der Waals surface area (Å²) >= 11 is 15.1. The van der Waals surface area contributed by atoms with Gasteiger partial charge in [-0.1, -0.05) is 164 Å². The first-order valence-corrected chi connectivity index (χ1v) is 36.5. The van der Waals surface area contributed by atoms with Crippen LogP contribution in [0.3, 0.4) is 0 Å². The maximum atomic E-state index is 13.3. The van der Waals surface area contributed by atoms with E-state index in [2.05, 4.69) is 110 Å². The van der Waals surface area contributed by atoms with E-state index < -0.39 is 34.4 Å². The predicted molar refractivity (Wildman–Crippen MR) is 422 cm³/mol. The second kappa shape index (κ2) is 35.0. The van der Waals surface area contributed by atoms with E-state index in [1.165, 1.54) is 32.9 Å². The summed E-state index contributed by atoms with van der Waals surface area (Å²) < 4.78 is 70.4. The Kier molecular flexibility index (Phi) is 27.2. The number of hydrogen-bond acceptors (Lipinski definition) is 20. The van der Waals surface area contributed by atoms with Gasteiger partial charge in [0.15, 0.2) is 40.0 Å². The maximum Gasteiger partial charge on any atom is 0.414 e. The molecule has 0 aliphatic heterocycles. The molecule has 9 N–H and O–H groups in total. The molecule has 8 heterocycles. The smallest absolute Gasteiger partial charge is 0.414 e. The monoisotopic (exact) mass is 1690 g/mol. The quantitative estimate of drug-likeness (QED) is 0.0559. The maximum absolute atomic E-state index is 13.3. The number of rotatable bonds is 12. The Labute approximate surface area is 650 Å². The number of nitrogens with zero attached hydrogens (tertiary/aromatic N) is 9. The number of hydrogen-bond donors (Lipinski definition) is 7. The van der Waals surface area contributed by atoms with Crippen molar-refractivity contribution in [3.05, 3.63) is 175 Å². The van der Waals surface area contributed by atoms with Crippen molar-refractivity contribution in [2.45, 2.75) is 141 Å². The summed E-state index contributed by atoms with van der Waals surface area (Å²) in [6.45, 7) is 27.6. The molecule has 0 saturated heterocycles. The first-order valence-electron chi connectivity index (χ1n) is 33.8. The highest BCUT2D eigenvalue weighted by Crippen LogP contribution is 2.38. The molecule has 8 aromatic heterocycles. The summed E-state index contributed by atoms with van der Waals surface area (Å²) in [5, 5.41) is 41.1. The third-order valence-electron chi connectivity index (χ3n) is 16.0. The number of aromatic nitrogens is 10. The van der Waals surface area contributed by atoms with Crippen molar-refractivity contribution in [2.75, 3.05) is 18.2 Å². The second-order valence-corrected chi connectivity index (χ2v) is 32.3. The molecule has 108 heavy (non-hydrogen) atoms. The van der Waals surface area contributed by atoms with E-state index in [9.17, 15) is 32.3 Å². The third kappa shape index (κ3) is 22.0. The minimum atomic E-state index is -4.68. The van der Waals surface area contributed by atoms with Crippen LogP contribution in [0.25, 0.3) is 65.9 Å². The predicted octanol–water partition coefficient (Wildman–Crippen LogP) is 18.7. The fourth-order valence-corrected chi connectivity index (χ4v) is 10.8. The molecule has 5 aromatic carbocycles. The van der Waals surface area contributed by atoms with Gasteiger partial charge in [-0.25, -0.2) is 0 Å². The lowest BCUT2D eigenvalue weighted by Crippen LogP contribution is -2.43. The van der Waals surface area contributed by atoms with Gasteiger partial charge >= 0.3 is 6.18 Å². The van der Waals surface area contributed by atoms with Crippen LogP contribution in [0.1, 0.15) is 156 Å². The molecule has 0 spiro atoms. The number of nitrogen functional groups attached to an aromatic ring is 1. The second-order valence-electron chi connectivity index (χ2n) is 29.2. The first-order chi connectivity index (χ1) is 50.5. The van der Waals surface area contributed by atoms with E-state index in [1.54, 1.807) is 46.3 Å². The van der Waals surface area contributed by atoms with Crippen molar-refractivity contribution >= 4 is 166 Å². The topological polar surface area (TPSA) is 354 Å². The van der Waals surface area contributed by atoms with Gasteiger partial charge in [0.05, 0.1) is 36.8 Å². The fraction of sp³-hybridized carbons (Fsp3) is 0.342. The number of nitrogens with two attached hydrogens (primary N) is 2. The molecule has 4 unspecified atom stereocenters. The number of anilines is 3. The number of fused-ring (bicyclic) bond motifs is 6. The number of aromatic amines is 1. The summed E-state index contributed by atoms with van der Waals surface area (Å²) in [5.41, 5.74) is 18.8. The number of carbonyl (C=O) groups is 4. The van der Waals surface area contributed by atoms with E-state index in [4.69, 9.17) is 45.9 Å². The number of alkyl halides is 3. The van der Waals surface area contributed by atoms with Gasteiger partial charge in [-0.05, 0) is 141 Å². The van der Waals surface area contributed by atoms with Crippen molar-refractivity contribution in [2.24, 2.45) is 27.4 Å². The lowest BCUT2D eigenvalue weighted by Gasteiger charge is -2.24. The average molecular weight is 1700 g/mol. The van der Waals surface area contributed by atoms with Crippen LogP contribution in [0.15, 0.2) is 165 Å². The Bertz CT molecular complexity index is 5280. The summed E-state index contributed by atoms with van der Waals surface area (Å²) in [7, 11) is 1.66. The molecule has 0 fully saturated rings. The van der Waals surface area contributed by atoms with Crippen LogP contribution < -0.4 is 37.5 Å². The van der Waals surface area contributed by atoms with Gasteiger partial charge in [0.2, 0.25) is 23.0 Å². The Balaban J connectivity index is 0.000000169. The van der Waals surface area contributed by atoms with Gasteiger partial charge in [-0.15, -0.1) is 0 Å². The summed E-state index contributed by atoms with van der Waals surface area (Å²) in [5.74, 6) is 1.18. The lowest BCUT2D eigenvalue weighted by atomic mass is 9.94. The molecule has 13 rings (SSSR count). The van der Waals surface area contributed by atoms with Gasteiger partial charge in [0.25, 0.3) is 0 Å². The normalized spacial score (nSPS) is 12.9. The first kappa shape index (κ1) is 83.8. The molecular weight excluding hydrogens is 1610 g/mol. The highest BCUT2D eigenvalue weighted by atomic mass is 79.9. The van der Waals surface area contributed by atoms with E-state index in [0.29, 0.717) is 39.5 Å². The summed E-state index contributed by atoms with van der Waals surface area (Å²) in [4.78, 5) is 55.0. The van der Waals surface area contributed by atoms with Gasteiger partial charge < -0.3 is 55.6 Å². The third-order valence-corrected chi connectivity index (χ3v) is 18.0. The fourth-order valence-electron chi connectivity index (χ4n) is 9.74. The van der Waals surface area contributed by atoms with Gasteiger partial charge in [0.1, 0.15) is 39.6 Å². The standard InChI is InChI=1S/C20H22N6O2.C14H14BrF3N2O2.C14H17BrN2O2.C14H14N4O.C9H9BrN2O.C5H9ClO/c1-11(22-19(27)20(2,3)4)16-13-8-7-12(10-15(13)28-26-16)23-18-17-14(24-25-18)6-5-9-21-17;1-13(2,3)12(21)19-11(14(16,17)18)10-8-5-4-7(15)6-9(8)22-20-10;1-8(16-13(18)14(2,3)4)12-10-6-5-9(15)7-11(10)19-17-12;1-19-11-6-4-10(5-7-11)9-18-12-3-2-8-16-13(12)14(15)17-18;1-5(11)9-7-3-2-6(10)4-8(7)13-12-9;1-5(2,3)4(6)7/h5-11H,1-4H3,(H,22,27)(H2,23,24,25);4-6,11H,1-3H3,(H,19,21);5-8H,1-4H3,(H,16,18);2-8H,9H2,1H3,(H2,15,17);2-5H,11H2,1H3;1-3H3. The number of H-pyrrole nitrogens is 1. The van der Waals surface area contributed by atoms with E-state index in [0.717, 1.165) is 81.1 Å². The van der Waals surface area contributed by atoms with Crippen LogP contribution in [0, 0.1) is 21.7 Å². The van der Waals surface area contributed by atoms with E-state index in [-0.39, 0.29) is 57.3 Å². The highest BCUT2D eigenvalue weighted by molar-refractivity contribution is 9.11. The minimum absolute atomic E-state index is 0.00624. The molecule has 0 aliphatic carbocycles. The molecule has 0 bridgehead atoms. The number of pyridine rings is 2. The minimum Gasteiger partial charge on any atom is -0.497 e. The Hall–Kier alpha value is -9.82. The zero-order chi connectivity index (χ0) is 79.5. The van der Waals surface area contributed by atoms with Crippen molar-refractivity contribution in [1.29, 1.82) is 0 Å². The zero-order valence-corrected chi connectivity index (χ0v) is 67.7. The molecule has 0 saturated carbocycles. The van der Waals surface area contributed by atoms with Crippen LogP contribution in [-0.4, -0.2) is 86.8 Å². The number of carbonyl (C=O) groups excluding carboxylic acids is 4. The van der Waals surface area contributed by atoms with Crippen LogP contribution >= 0.6 is 59.4 Å². The van der Waals surface area contributed by atoms with Gasteiger partial charge in [-0.3, -0.25) is 38.9 Å². The molecule has 3 amide bonds. The average Bonchev–Trinajstić information content (AvgIpc) is 1.62. The highest BCUT2D eigenvalue weighted by Gasteiger charge is 2.46. The Morgan fingerprint density at radius 2 is 0.981 bits per heavy atom. The van der Waals surface area contributed by atoms with Crippen LogP contribution in [-0.2, 0) is 25.7 Å². The van der Waals surface area contributed by atoms with Crippen molar-refractivity contribution in [3.8, 4) is 5.75 Å². The lowest BCUT2D eigenvalue weighted by molar-refractivity contribution is -0.166. The number of benzene rings is 5. The summed E-state index contributed by atoms with van der Waals surface area (Å²) in [6.07, 6.45) is -1.24. The number of halogens is 7. The molecular formula is C76H85Br3ClF3N16O9. The van der Waals surface area contributed by atoms with Crippen LogP contribution in [0.2, 0.25) is 0 Å². The largest absolute Gasteiger partial charge is 0.497 e. The number of nitrogens with one attached hydrogen (secondary N) is 5. The molecule has 572 valence electrons. The van der Waals surface area contributed by atoms with E-state index >= 15 is 0 Å². The van der Waals surface area contributed by atoms with E-state index in [1.807, 2.05) is 175 Å². The molecule has 13 aromatic rings. The Morgan fingerprint density at radius 1 is 0.565 bits per heavy atom. The van der Waals surface area contributed by atoms with Crippen molar-refractivity contribution in [3.63, 3.8) is 0 Å². The van der Waals surface area contributed by atoms with Crippen LogP contribution in [0.4, 0.5) is 30.5 Å². The number of methoxy groups -OCH3 is 1. The van der Waals surface area contributed by atoms with Gasteiger partial charge in [-0.2, -0.15) is 23.4 Å². The number of amides is 3. The van der Waals surface area contributed by atoms with Crippen LogP contribution in [0.5, 0.6) is 5.75 Å². The Morgan fingerprint density at radius 3 is 1.44 bits per heavy atom. The summed E-state index contributed by atoms with van der Waals surface area (Å²) in [6, 6.07) is 34.5. The number of ether oxygens (including phenoxy) is 1. The van der Waals surface area contributed by atoms with Crippen molar-refractivity contribution < 1.29 is 55.2 Å². The molecule has 0 radical (unpaired) electrons.